The molecular formula is C10H15F2N3. The lowest BCUT2D eigenvalue weighted by molar-refractivity contribution is -0.0513. The Balaban J connectivity index is 2.19. The summed E-state index contributed by atoms with van der Waals surface area (Å²) in [7, 11) is 0. The second-order valence-electron chi connectivity index (χ2n) is 4.31. The molecule has 1 fully saturated rings. The SMILES string of the molecule is NCC1(c2cnc[nH]2)CCC(F)(F)CC1. The third-order valence-electron chi connectivity index (χ3n) is 3.40. The fourth-order valence-corrected chi connectivity index (χ4v) is 2.22. The zero-order chi connectivity index (χ0) is 10.9. The number of nitrogens with zero attached hydrogens (tertiary/aromatic N) is 1. The molecule has 1 aromatic heterocycles. The minimum Gasteiger partial charge on any atom is -0.348 e. The Morgan fingerprint density at radius 3 is 2.47 bits per heavy atom. The number of alkyl halides is 2. The summed E-state index contributed by atoms with van der Waals surface area (Å²) in [6.45, 7) is 0.394. The van der Waals surface area contributed by atoms with Gasteiger partial charge in [0.2, 0.25) is 5.92 Å². The molecule has 0 aromatic carbocycles. The van der Waals surface area contributed by atoms with Crippen molar-refractivity contribution >= 4 is 0 Å². The third-order valence-corrected chi connectivity index (χ3v) is 3.40. The maximum atomic E-state index is 13.1. The number of aromatic nitrogens is 2. The van der Waals surface area contributed by atoms with E-state index >= 15 is 0 Å². The quantitative estimate of drug-likeness (QED) is 0.790. The van der Waals surface area contributed by atoms with Crippen molar-refractivity contribution in [1.29, 1.82) is 0 Å². The number of H-pyrrole nitrogens is 1. The molecule has 0 bridgehead atoms. The molecule has 0 radical (unpaired) electrons. The van der Waals surface area contributed by atoms with E-state index in [2.05, 4.69) is 9.97 Å². The summed E-state index contributed by atoms with van der Waals surface area (Å²) in [6.07, 6.45) is 3.96. The average Bonchev–Trinajstić information content (AvgIpc) is 2.72. The number of halogens is 2. The van der Waals surface area contributed by atoms with Gasteiger partial charge in [0.25, 0.3) is 0 Å². The monoisotopic (exact) mass is 215 g/mol. The zero-order valence-corrected chi connectivity index (χ0v) is 8.47. The van der Waals surface area contributed by atoms with Gasteiger partial charge < -0.3 is 10.7 Å². The van der Waals surface area contributed by atoms with E-state index in [1.807, 2.05) is 0 Å². The number of nitrogens with two attached hydrogens (primary N) is 1. The molecule has 1 aliphatic carbocycles. The smallest absolute Gasteiger partial charge is 0.248 e. The van der Waals surface area contributed by atoms with Gasteiger partial charge in [0.05, 0.1) is 6.33 Å². The van der Waals surface area contributed by atoms with Crippen molar-refractivity contribution in [3.05, 3.63) is 18.2 Å². The molecule has 3 N–H and O–H groups in total. The Morgan fingerprint density at radius 1 is 1.33 bits per heavy atom. The fourth-order valence-electron chi connectivity index (χ4n) is 2.22. The van der Waals surface area contributed by atoms with Crippen LogP contribution in [0.15, 0.2) is 12.5 Å². The van der Waals surface area contributed by atoms with Crippen LogP contribution in [-0.2, 0) is 5.41 Å². The van der Waals surface area contributed by atoms with Crippen molar-refractivity contribution in [2.45, 2.75) is 37.0 Å². The van der Waals surface area contributed by atoms with Crippen molar-refractivity contribution in [2.24, 2.45) is 5.73 Å². The maximum absolute atomic E-state index is 13.1. The van der Waals surface area contributed by atoms with Gasteiger partial charge in [-0.3, -0.25) is 0 Å². The van der Waals surface area contributed by atoms with Crippen molar-refractivity contribution in [3.63, 3.8) is 0 Å². The van der Waals surface area contributed by atoms with Gasteiger partial charge in [-0.1, -0.05) is 0 Å². The van der Waals surface area contributed by atoms with Crippen LogP contribution in [0.25, 0.3) is 0 Å². The number of imidazole rings is 1. The van der Waals surface area contributed by atoms with Crippen LogP contribution in [0.5, 0.6) is 0 Å². The van der Waals surface area contributed by atoms with Crippen LogP contribution in [0.4, 0.5) is 8.78 Å². The highest BCUT2D eigenvalue weighted by Gasteiger charge is 2.44. The molecule has 0 aliphatic heterocycles. The van der Waals surface area contributed by atoms with E-state index in [-0.39, 0.29) is 18.3 Å². The van der Waals surface area contributed by atoms with Crippen LogP contribution in [0.3, 0.4) is 0 Å². The predicted molar refractivity (Wildman–Crippen MR) is 52.7 cm³/mol. The van der Waals surface area contributed by atoms with Crippen molar-refractivity contribution in [1.82, 2.24) is 9.97 Å². The highest BCUT2D eigenvalue weighted by Crippen LogP contribution is 2.44. The Morgan fingerprint density at radius 2 is 2.00 bits per heavy atom. The lowest BCUT2D eigenvalue weighted by Gasteiger charge is -2.38. The normalized spacial score (nSPS) is 23.9. The summed E-state index contributed by atoms with van der Waals surface area (Å²) in [6, 6.07) is 0. The second-order valence-corrected chi connectivity index (χ2v) is 4.31. The van der Waals surface area contributed by atoms with E-state index in [1.54, 1.807) is 12.5 Å². The number of nitrogens with one attached hydrogen (secondary N) is 1. The molecule has 0 amide bonds. The van der Waals surface area contributed by atoms with E-state index in [0.29, 0.717) is 19.4 Å². The van der Waals surface area contributed by atoms with Gasteiger partial charge in [-0.25, -0.2) is 13.8 Å². The van der Waals surface area contributed by atoms with Crippen LogP contribution in [-0.4, -0.2) is 22.4 Å². The first kappa shape index (κ1) is 10.5. The first-order valence-corrected chi connectivity index (χ1v) is 5.15. The van der Waals surface area contributed by atoms with Gasteiger partial charge in [0.15, 0.2) is 0 Å². The van der Waals surface area contributed by atoms with E-state index in [0.717, 1.165) is 5.69 Å². The van der Waals surface area contributed by atoms with Crippen LogP contribution in [0.2, 0.25) is 0 Å². The highest BCUT2D eigenvalue weighted by atomic mass is 19.3. The number of hydrogen-bond donors (Lipinski definition) is 2. The van der Waals surface area contributed by atoms with Crippen LogP contribution in [0.1, 0.15) is 31.4 Å². The molecule has 0 spiro atoms. The van der Waals surface area contributed by atoms with Crippen LogP contribution in [0, 0.1) is 0 Å². The van der Waals surface area contributed by atoms with Crippen LogP contribution >= 0.6 is 0 Å². The topological polar surface area (TPSA) is 54.7 Å². The predicted octanol–water partition coefficient (Wildman–Crippen LogP) is 1.82. The zero-order valence-electron chi connectivity index (χ0n) is 8.47. The van der Waals surface area contributed by atoms with Crippen molar-refractivity contribution in [3.8, 4) is 0 Å². The summed E-state index contributed by atoms with van der Waals surface area (Å²) in [5, 5.41) is 0. The molecule has 1 heterocycles. The number of hydrogen-bond acceptors (Lipinski definition) is 2. The summed E-state index contributed by atoms with van der Waals surface area (Å²) < 4.78 is 26.1. The first-order valence-electron chi connectivity index (χ1n) is 5.15. The fraction of sp³-hybridized carbons (Fsp3) is 0.700. The van der Waals surface area contributed by atoms with Gasteiger partial charge in [-0.15, -0.1) is 0 Å². The number of aromatic amines is 1. The highest BCUT2D eigenvalue weighted by molar-refractivity contribution is 5.16. The Hall–Kier alpha value is -0.970. The van der Waals surface area contributed by atoms with E-state index in [9.17, 15) is 8.78 Å². The largest absolute Gasteiger partial charge is 0.348 e. The Labute approximate surface area is 87.1 Å². The van der Waals surface area contributed by atoms with E-state index in [4.69, 9.17) is 5.73 Å². The molecule has 1 aliphatic rings. The molecular weight excluding hydrogens is 200 g/mol. The van der Waals surface area contributed by atoms with E-state index in [1.165, 1.54) is 0 Å². The molecule has 5 heteroatoms. The molecule has 3 nitrogen and oxygen atoms in total. The van der Waals surface area contributed by atoms with Gasteiger partial charge in [-0.05, 0) is 12.8 Å². The molecule has 0 saturated heterocycles. The molecule has 0 atom stereocenters. The van der Waals surface area contributed by atoms with Crippen LogP contribution < -0.4 is 5.73 Å². The standard InChI is InChI=1S/C10H15F2N3/c11-10(12)3-1-9(6-13,2-4-10)8-5-14-7-15-8/h5,7H,1-4,6,13H2,(H,14,15). The van der Waals surface area contributed by atoms with Gasteiger partial charge >= 0.3 is 0 Å². The molecule has 1 aromatic rings. The molecule has 1 saturated carbocycles. The van der Waals surface area contributed by atoms with E-state index < -0.39 is 5.92 Å². The molecule has 0 unspecified atom stereocenters. The summed E-state index contributed by atoms with van der Waals surface area (Å²) in [4.78, 5) is 6.92. The minimum absolute atomic E-state index is 0.0801. The summed E-state index contributed by atoms with van der Waals surface area (Å²) >= 11 is 0. The Kier molecular flexibility index (Phi) is 2.50. The number of rotatable bonds is 2. The summed E-state index contributed by atoms with van der Waals surface area (Å²) in [5.41, 5.74) is 6.29. The molecule has 15 heavy (non-hydrogen) atoms. The molecule has 2 rings (SSSR count). The van der Waals surface area contributed by atoms with Crippen molar-refractivity contribution < 1.29 is 8.78 Å². The minimum atomic E-state index is -2.52. The lowest BCUT2D eigenvalue weighted by Crippen LogP contribution is -2.42. The summed E-state index contributed by atoms with van der Waals surface area (Å²) in [5.74, 6) is -2.52. The average molecular weight is 215 g/mol. The van der Waals surface area contributed by atoms with Gasteiger partial charge in [0, 0.05) is 36.7 Å². The van der Waals surface area contributed by atoms with Gasteiger partial charge in [0.1, 0.15) is 0 Å². The van der Waals surface area contributed by atoms with Gasteiger partial charge in [-0.2, -0.15) is 0 Å². The third kappa shape index (κ3) is 1.88. The second kappa shape index (κ2) is 3.56. The Bertz CT molecular complexity index is 311. The molecule has 84 valence electrons. The first-order chi connectivity index (χ1) is 7.08. The maximum Gasteiger partial charge on any atom is 0.248 e. The van der Waals surface area contributed by atoms with Crippen molar-refractivity contribution in [2.75, 3.05) is 6.54 Å². The lowest BCUT2D eigenvalue weighted by atomic mass is 9.71.